The summed E-state index contributed by atoms with van der Waals surface area (Å²) < 4.78 is 0. The molecule has 3 rings (SSSR count). The molecule has 0 saturated carbocycles. The summed E-state index contributed by atoms with van der Waals surface area (Å²) in [6.07, 6.45) is 4.47. The molecule has 5 nitrogen and oxygen atoms in total. The van der Waals surface area contributed by atoms with Crippen LogP contribution < -0.4 is 0 Å². The molecule has 0 radical (unpaired) electrons. The van der Waals surface area contributed by atoms with E-state index in [1.807, 2.05) is 0 Å². The minimum Gasteiger partial charge on any atom is -0.344 e. The molecule has 2 aromatic rings. The topological polar surface area (TPSA) is 49.3 Å². The fourth-order valence-electron chi connectivity index (χ4n) is 2.76. The molecular weight excluding hydrogens is 272 g/mol. The van der Waals surface area contributed by atoms with Gasteiger partial charge in [0.1, 0.15) is 10.3 Å². The van der Waals surface area contributed by atoms with Gasteiger partial charge in [-0.25, -0.2) is 4.98 Å². The molecule has 0 aromatic carbocycles. The number of likely N-dealkylation sites (tertiary alicyclic amines) is 1. The van der Waals surface area contributed by atoms with Crippen LogP contribution in [0, 0.1) is 0 Å². The number of fused-ring (bicyclic) bond motifs is 1. The van der Waals surface area contributed by atoms with Crippen LogP contribution in [0.2, 0.25) is 0 Å². The molecule has 1 amide bonds. The maximum Gasteiger partial charge on any atom is 0.263 e. The Morgan fingerprint density at radius 2 is 2.15 bits per heavy atom. The Hall–Kier alpha value is -1.53. The van der Waals surface area contributed by atoms with Crippen molar-refractivity contribution in [2.24, 2.45) is 0 Å². The summed E-state index contributed by atoms with van der Waals surface area (Å²) >= 11 is 1.47. The standard InChI is InChI=1S/C14H18N4OS/c1-17(2)14(19)12-10(9-4-7-18(3)8-9)11-13(20-12)16-6-5-15-11/h5-6,9H,4,7-8H2,1-3H3/t9-/m0/s1. The van der Waals surface area contributed by atoms with Gasteiger partial charge in [0.2, 0.25) is 0 Å². The maximum absolute atomic E-state index is 12.4. The second kappa shape index (κ2) is 5.10. The predicted molar refractivity (Wildman–Crippen MR) is 80.3 cm³/mol. The van der Waals surface area contributed by atoms with Crippen LogP contribution in [0.4, 0.5) is 0 Å². The van der Waals surface area contributed by atoms with Gasteiger partial charge < -0.3 is 9.80 Å². The van der Waals surface area contributed by atoms with Gasteiger partial charge in [0, 0.05) is 44.5 Å². The highest BCUT2D eigenvalue weighted by Gasteiger charge is 2.30. The first-order valence-corrected chi connectivity index (χ1v) is 7.53. The van der Waals surface area contributed by atoms with Crippen molar-refractivity contribution in [2.45, 2.75) is 12.3 Å². The summed E-state index contributed by atoms with van der Waals surface area (Å²) in [7, 11) is 5.70. The fraction of sp³-hybridized carbons (Fsp3) is 0.500. The molecule has 0 aliphatic carbocycles. The van der Waals surface area contributed by atoms with E-state index in [1.54, 1.807) is 31.4 Å². The van der Waals surface area contributed by atoms with Gasteiger partial charge in [-0.05, 0) is 20.0 Å². The van der Waals surface area contributed by atoms with Crippen molar-refractivity contribution in [2.75, 3.05) is 34.2 Å². The SMILES string of the molecule is CN1CC[C@H](c2c(C(=O)N(C)C)sc3nccnc23)C1. The molecule has 1 atom stereocenters. The number of carbonyl (C=O) groups is 1. The quantitative estimate of drug-likeness (QED) is 0.846. The van der Waals surface area contributed by atoms with E-state index in [0.717, 1.165) is 40.3 Å². The Balaban J connectivity index is 2.15. The Labute approximate surface area is 122 Å². The van der Waals surface area contributed by atoms with Gasteiger partial charge >= 0.3 is 0 Å². The molecule has 20 heavy (non-hydrogen) atoms. The first kappa shape index (κ1) is 13.5. The van der Waals surface area contributed by atoms with Crippen molar-refractivity contribution in [3.8, 4) is 0 Å². The minimum atomic E-state index is 0.0550. The number of likely N-dealkylation sites (N-methyl/N-ethyl adjacent to an activating group) is 1. The molecule has 1 aliphatic rings. The molecule has 1 saturated heterocycles. The second-order valence-electron chi connectivity index (χ2n) is 5.50. The van der Waals surface area contributed by atoms with Gasteiger partial charge in [0.05, 0.1) is 4.88 Å². The average molecular weight is 290 g/mol. The first-order chi connectivity index (χ1) is 9.58. The van der Waals surface area contributed by atoms with Crippen LogP contribution in [0.15, 0.2) is 12.4 Å². The van der Waals surface area contributed by atoms with E-state index in [1.165, 1.54) is 11.3 Å². The number of aromatic nitrogens is 2. The highest BCUT2D eigenvalue weighted by molar-refractivity contribution is 7.20. The number of carbonyl (C=O) groups excluding carboxylic acids is 1. The molecule has 0 N–H and O–H groups in total. The number of rotatable bonds is 2. The van der Waals surface area contributed by atoms with E-state index < -0.39 is 0 Å². The lowest BCUT2D eigenvalue weighted by Crippen LogP contribution is -2.22. The molecular formula is C14H18N4OS. The lowest BCUT2D eigenvalue weighted by molar-refractivity contribution is 0.0831. The zero-order valence-electron chi connectivity index (χ0n) is 12.0. The van der Waals surface area contributed by atoms with Crippen molar-refractivity contribution in [1.29, 1.82) is 0 Å². The van der Waals surface area contributed by atoms with Crippen molar-refractivity contribution in [3.05, 3.63) is 22.8 Å². The zero-order chi connectivity index (χ0) is 14.3. The van der Waals surface area contributed by atoms with Crippen LogP contribution in [-0.4, -0.2) is 59.9 Å². The van der Waals surface area contributed by atoms with Gasteiger partial charge in [0.25, 0.3) is 5.91 Å². The molecule has 6 heteroatoms. The summed E-state index contributed by atoms with van der Waals surface area (Å²) in [6.45, 7) is 2.05. The Bertz CT molecular complexity index is 652. The second-order valence-corrected chi connectivity index (χ2v) is 6.50. The van der Waals surface area contributed by atoms with Gasteiger partial charge in [-0.2, -0.15) is 0 Å². The fourth-order valence-corrected chi connectivity index (χ4v) is 3.96. The summed E-state index contributed by atoms with van der Waals surface area (Å²) in [5.74, 6) is 0.434. The van der Waals surface area contributed by atoms with Crippen LogP contribution in [0.5, 0.6) is 0 Å². The highest BCUT2D eigenvalue weighted by atomic mass is 32.1. The Morgan fingerprint density at radius 1 is 1.40 bits per heavy atom. The van der Waals surface area contributed by atoms with E-state index in [4.69, 9.17) is 0 Å². The number of amides is 1. The molecule has 106 valence electrons. The van der Waals surface area contributed by atoms with Gasteiger partial charge in [0.15, 0.2) is 0 Å². The van der Waals surface area contributed by atoms with Gasteiger partial charge in [-0.15, -0.1) is 11.3 Å². The normalized spacial score (nSPS) is 19.6. The lowest BCUT2D eigenvalue weighted by atomic mass is 9.97. The Kier molecular flexibility index (Phi) is 3.43. The van der Waals surface area contributed by atoms with Crippen LogP contribution in [-0.2, 0) is 0 Å². The summed E-state index contributed by atoms with van der Waals surface area (Å²) in [5.41, 5.74) is 2.00. The van der Waals surface area contributed by atoms with Crippen LogP contribution in [0.25, 0.3) is 10.3 Å². The summed E-state index contributed by atoms with van der Waals surface area (Å²) in [5, 5.41) is 0. The van der Waals surface area contributed by atoms with E-state index in [2.05, 4.69) is 21.9 Å². The van der Waals surface area contributed by atoms with Crippen LogP contribution in [0.3, 0.4) is 0 Å². The first-order valence-electron chi connectivity index (χ1n) is 6.71. The average Bonchev–Trinajstić information content (AvgIpc) is 3.00. The smallest absolute Gasteiger partial charge is 0.263 e. The van der Waals surface area contributed by atoms with E-state index in [9.17, 15) is 4.79 Å². The van der Waals surface area contributed by atoms with Gasteiger partial charge in [-0.1, -0.05) is 0 Å². The molecule has 1 aliphatic heterocycles. The number of hydrogen-bond donors (Lipinski definition) is 0. The lowest BCUT2D eigenvalue weighted by Gasteiger charge is -2.14. The van der Waals surface area contributed by atoms with Crippen molar-refractivity contribution in [3.63, 3.8) is 0 Å². The Morgan fingerprint density at radius 3 is 2.80 bits per heavy atom. The van der Waals surface area contributed by atoms with E-state index in [-0.39, 0.29) is 5.91 Å². The molecule has 0 unspecified atom stereocenters. The van der Waals surface area contributed by atoms with Crippen molar-refractivity contribution >= 4 is 27.6 Å². The van der Waals surface area contributed by atoms with Crippen LogP contribution in [0.1, 0.15) is 27.6 Å². The molecule has 0 bridgehead atoms. The maximum atomic E-state index is 12.4. The zero-order valence-corrected chi connectivity index (χ0v) is 12.8. The third-order valence-corrected chi connectivity index (χ3v) is 4.85. The molecule has 0 spiro atoms. The minimum absolute atomic E-state index is 0.0550. The molecule has 2 aromatic heterocycles. The molecule has 1 fully saturated rings. The largest absolute Gasteiger partial charge is 0.344 e. The highest BCUT2D eigenvalue weighted by Crippen LogP contribution is 2.38. The predicted octanol–water partition coefficient (Wildman–Crippen LogP) is 1.81. The molecule has 3 heterocycles. The number of hydrogen-bond acceptors (Lipinski definition) is 5. The van der Waals surface area contributed by atoms with Gasteiger partial charge in [-0.3, -0.25) is 9.78 Å². The van der Waals surface area contributed by atoms with Crippen LogP contribution >= 0.6 is 11.3 Å². The monoisotopic (exact) mass is 290 g/mol. The summed E-state index contributed by atoms with van der Waals surface area (Å²) in [6, 6.07) is 0. The third-order valence-electron chi connectivity index (χ3n) is 3.76. The van der Waals surface area contributed by atoms with E-state index >= 15 is 0 Å². The van der Waals surface area contributed by atoms with Crippen molar-refractivity contribution < 1.29 is 4.79 Å². The summed E-state index contributed by atoms with van der Waals surface area (Å²) in [4.78, 5) is 26.9. The van der Waals surface area contributed by atoms with E-state index in [0.29, 0.717) is 5.92 Å². The number of nitrogens with zero attached hydrogens (tertiary/aromatic N) is 4. The van der Waals surface area contributed by atoms with Crippen molar-refractivity contribution in [1.82, 2.24) is 19.8 Å². The third kappa shape index (κ3) is 2.19. The number of thiophene rings is 1.